The van der Waals surface area contributed by atoms with Crippen molar-refractivity contribution in [2.75, 3.05) is 13.7 Å². The fourth-order valence-electron chi connectivity index (χ4n) is 6.07. The van der Waals surface area contributed by atoms with Crippen LogP contribution in [-0.2, 0) is 4.74 Å². The number of hydrogen-bond acceptors (Lipinski definition) is 6. The summed E-state index contributed by atoms with van der Waals surface area (Å²) in [6, 6.07) is 1.07. The number of nitrogens with one attached hydrogen (secondary N) is 3. The maximum atomic E-state index is 5.88. The minimum Gasteiger partial charge on any atom is -0.502 e. The number of nitrogens with zero attached hydrogens (tertiary/aromatic N) is 1. The molecule has 0 spiro atoms. The van der Waals surface area contributed by atoms with Crippen LogP contribution in [0, 0.1) is 34.0 Å². The topological polar surface area (TPSA) is 74.6 Å². The molecule has 5 N–H and O–H groups in total. The van der Waals surface area contributed by atoms with Crippen LogP contribution in [0.25, 0.3) is 0 Å². The normalized spacial score (nSPS) is 21.5. The quantitative estimate of drug-likeness (QED) is 0.0995. The Bertz CT molecular complexity index is 1040. The number of piperidine rings is 1. The number of methoxy groups -OCH3 is 1. The number of hydrogen-bond donors (Lipinski definition) is 4. The molecule has 2 rings (SSSR count). The summed E-state index contributed by atoms with van der Waals surface area (Å²) in [7, 11) is 1.67. The Labute approximate surface area is 286 Å². The van der Waals surface area contributed by atoms with Gasteiger partial charge in [-0.15, -0.1) is 0 Å². The van der Waals surface area contributed by atoms with Crippen molar-refractivity contribution in [2.24, 2.45) is 39.7 Å². The Morgan fingerprint density at radius 3 is 1.91 bits per heavy atom. The number of fused-ring (bicyclic) bond motifs is 1. The minimum atomic E-state index is 0.0903. The van der Waals surface area contributed by atoms with Gasteiger partial charge >= 0.3 is 0 Å². The number of ether oxygens (including phenoxy) is 1. The van der Waals surface area contributed by atoms with Crippen molar-refractivity contribution in [3.05, 3.63) is 74.2 Å². The standard InChI is InChI=1S/C20H33N3.C18H36N2O.C2H6/c1-9-23-11-16-18(20(16,7)8)19(23)15(6)22-17(10-12(2)3)13(4)14(5)21;1-13(21-10)11-12-16(18(7,8)9)20-15(3)19-14(2)17(4,5)6;1-2/h9,12,16-19,22H,1,4-6,10-11,21H2,2-3,7-8H3;14,16,19-20H,1,3,11-12H2,2,4-10H3;1-2H3/t16-,17?,18-,19?;;/m0../s1. The molecule has 1 heterocycles. The molecule has 46 heavy (non-hydrogen) atoms. The van der Waals surface area contributed by atoms with Gasteiger partial charge in [0, 0.05) is 36.4 Å². The Morgan fingerprint density at radius 1 is 0.957 bits per heavy atom. The van der Waals surface area contributed by atoms with E-state index in [1.54, 1.807) is 7.11 Å². The van der Waals surface area contributed by atoms with Crippen LogP contribution in [0.5, 0.6) is 0 Å². The van der Waals surface area contributed by atoms with Crippen LogP contribution in [0.2, 0.25) is 0 Å². The third-order valence-electron chi connectivity index (χ3n) is 9.82. The second-order valence-corrected chi connectivity index (χ2v) is 16.2. The second-order valence-electron chi connectivity index (χ2n) is 16.2. The van der Waals surface area contributed by atoms with Crippen LogP contribution in [0.4, 0.5) is 0 Å². The summed E-state index contributed by atoms with van der Waals surface area (Å²) in [5, 5.41) is 10.6. The van der Waals surface area contributed by atoms with Crippen LogP contribution in [-0.4, -0.2) is 42.7 Å². The average Bonchev–Trinajstić information content (AvgIpc) is 3.26. The van der Waals surface area contributed by atoms with Gasteiger partial charge in [0.15, 0.2) is 0 Å². The van der Waals surface area contributed by atoms with Gasteiger partial charge in [0.25, 0.3) is 0 Å². The van der Waals surface area contributed by atoms with Gasteiger partial charge < -0.3 is 31.3 Å². The summed E-state index contributed by atoms with van der Waals surface area (Å²) in [4.78, 5) is 2.32. The zero-order chi connectivity index (χ0) is 36.4. The molecule has 1 aliphatic carbocycles. The van der Waals surface area contributed by atoms with E-state index in [9.17, 15) is 0 Å². The van der Waals surface area contributed by atoms with E-state index in [1.165, 1.54) is 0 Å². The summed E-state index contributed by atoms with van der Waals surface area (Å²) in [6.07, 6.45) is 4.74. The molecule has 6 atom stereocenters. The number of likely N-dealkylation sites (tertiary alicyclic amines) is 1. The molecule has 6 heteroatoms. The van der Waals surface area contributed by atoms with Crippen molar-refractivity contribution in [1.82, 2.24) is 20.9 Å². The van der Waals surface area contributed by atoms with Crippen LogP contribution < -0.4 is 21.7 Å². The van der Waals surface area contributed by atoms with E-state index < -0.39 is 0 Å². The monoisotopic (exact) mass is 642 g/mol. The van der Waals surface area contributed by atoms with E-state index in [4.69, 9.17) is 10.5 Å². The molecule has 6 nitrogen and oxygen atoms in total. The second kappa shape index (κ2) is 18.0. The highest BCUT2D eigenvalue weighted by molar-refractivity contribution is 5.31. The van der Waals surface area contributed by atoms with E-state index in [2.05, 4.69) is 136 Å². The Hall–Kier alpha value is -2.76. The highest BCUT2D eigenvalue weighted by atomic mass is 16.5. The van der Waals surface area contributed by atoms with E-state index in [0.29, 0.717) is 41.1 Å². The van der Waals surface area contributed by atoms with Gasteiger partial charge in [-0.05, 0) is 65.5 Å². The molecule has 0 amide bonds. The molecule has 0 radical (unpaired) electrons. The first-order valence-electron chi connectivity index (χ1n) is 17.4. The van der Waals surface area contributed by atoms with Crippen LogP contribution in [0.15, 0.2) is 74.2 Å². The van der Waals surface area contributed by atoms with Crippen LogP contribution in [0.3, 0.4) is 0 Å². The maximum Gasteiger partial charge on any atom is 0.0916 e. The molecule has 0 aromatic heterocycles. The lowest BCUT2D eigenvalue weighted by atomic mass is 9.83. The lowest BCUT2D eigenvalue weighted by Gasteiger charge is -2.36. The average molecular weight is 642 g/mol. The molecular weight excluding hydrogens is 566 g/mol. The van der Waals surface area contributed by atoms with E-state index >= 15 is 0 Å². The SMILES string of the molecule is C=C(NC(C)C(C)(C)C)NC(CCC(=C)OC)C(C)(C)C.C=CN1C[C@H]2[C@@H](C1C(=C)NC(CC(C)C)C(=C)C(=C)N)C2(C)C.CC. The zero-order valence-electron chi connectivity index (χ0n) is 32.6. The highest BCUT2D eigenvalue weighted by Gasteiger charge is 2.66. The molecule has 0 aromatic rings. The summed E-state index contributed by atoms with van der Waals surface area (Å²) in [5.41, 5.74) is 9.10. The Balaban J connectivity index is 0.000000840. The maximum absolute atomic E-state index is 5.88. The first-order valence-corrected chi connectivity index (χ1v) is 17.4. The lowest BCUT2D eigenvalue weighted by molar-refractivity contribution is 0.229. The molecule has 1 aliphatic heterocycles. The van der Waals surface area contributed by atoms with Gasteiger partial charge in [-0.2, -0.15) is 0 Å². The van der Waals surface area contributed by atoms with Crippen molar-refractivity contribution in [1.29, 1.82) is 0 Å². The zero-order valence-corrected chi connectivity index (χ0v) is 32.6. The molecule has 1 saturated carbocycles. The van der Waals surface area contributed by atoms with Gasteiger partial charge in [0.1, 0.15) is 0 Å². The summed E-state index contributed by atoms with van der Waals surface area (Å²) in [5.74, 6) is 3.64. The molecule has 0 aromatic carbocycles. The van der Waals surface area contributed by atoms with Gasteiger partial charge in [-0.25, -0.2) is 0 Å². The first kappa shape index (κ1) is 43.2. The van der Waals surface area contributed by atoms with Crippen molar-refractivity contribution < 1.29 is 4.74 Å². The number of allylic oxidation sites excluding steroid dienone is 1. The molecule has 2 aliphatic rings. The van der Waals surface area contributed by atoms with E-state index in [0.717, 1.165) is 54.6 Å². The van der Waals surface area contributed by atoms with Crippen molar-refractivity contribution >= 4 is 0 Å². The van der Waals surface area contributed by atoms with E-state index in [-0.39, 0.29) is 16.9 Å². The highest BCUT2D eigenvalue weighted by Crippen LogP contribution is 2.65. The smallest absolute Gasteiger partial charge is 0.0916 e. The predicted octanol–water partition coefficient (Wildman–Crippen LogP) is 9.09. The summed E-state index contributed by atoms with van der Waals surface area (Å²) in [6.45, 7) is 54.1. The van der Waals surface area contributed by atoms with Crippen molar-refractivity contribution in [3.63, 3.8) is 0 Å². The van der Waals surface area contributed by atoms with Gasteiger partial charge in [0.05, 0.1) is 30.8 Å². The van der Waals surface area contributed by atoms with Crippen molar-refractivity contribution in [2.45, 2.75) is 133 Å². The molecule has 266 valence electrons. The Kier molecular flexibility index (Phi) is 16.9. The molecule has 4 unspecified atom stereocenters. The molecular formula is C40H75N5O. The third kappa shape index (κ3) is 12.8. The lowest BCUT2D eigenvalue weighted by Crippen LogP contribution is -2.46. The predicted molar refractivity (Wildman–Crippen MR) is 204 cm³/mol. The van der Waals surface area contributed by atoms with Crippen molar-refractivity contribution in [3.8, 4) is 0 Å². The Morgan fingerprint density at radius 2 is 1.50 bits per heavy atom. The van der Waals surface area contributed by atoms with Gasteiger partial charge in [-0.1, -0.05) is 123 Å². The van der Waals surface area contributed by atoms with Crippen LogP contribution in [0.1, 0.15) is 109 Å². The largest absolute Gasteiger partial charge is 0.502 e. The van der Waals surface area contributed by atoms with Gasteiger partial charge in [0.2, 0.25) is 0 Å². The van der Waals surface area contributed by atoms with Gasteiger partial charge in [-0.3, -0.25) is 0 Å². The summed E-state index contributed by atoms with van der Waals surface area (Å²) < 4.78 is 5.17. The molecule has 2 fully saturated rings. The summed E-state index contributed by atoms with van der Waals surface area (Å²) >= 11 is 0. The third-order valence-corrected chi connectivity index (χ3v) is 9.82. The first-order chi connectivity index (χ1) is 21.0. The van der Waals surface area contributed by atoms with Crippen LogP contribution >= 0.6 is 0 Å². The number of nitrogens with two attached hydrogens (primary N) is 1. The molecule has 0 bridgehead atoms. The fourth-order valence-corrected chi connectivity index (χ4v) is 6.07. The fraction of sp³-hybridized carbons (Fsp3) is 0.700. The minimum absolute atomic E-state index is 0.0903. The molecule has 1 saturated heterocycles. The number of rotatable bonds is 16. The van der Waals surface area contributed by atoms with E-state index in [1.807, 2.05) is 20.0 Å².